The molecule has 0 aromatic carbocycles. The maximum atomic E-state index is 8.78. The van der Waals surface area contributed by atoms with Gasteiger partial charge in [-0.25, -0.2) is 0 Å². The summed E-state index contributed by atoms with van der Waals surface area (Å²) in [7, 11) is 1.69. The Kier molecular flexibility index (Phi) is 8.40. The number of methoxy groups -OCH3 is 1. The molecule has 0 heterocycles. The van der Waals surface area contributed by atoms with Crippen molar-refractivity contribution in [3.05, 3.63) is 0 Å². The average molecular weight is 189 g/mol. The molecule has 0 aliphatic rings. The summed E-state index contributed by atoms with van der Waals surface area (Å²) in [6, 6.07) is 0.300. The molecule has 3 heteroatoms. The van der Waals surface area contributed by atoms with Crippen molar-refractivity contribution in [3.63, 3.8) is 0 Å². The standard InChI is InChI=1S/C10H23NO2/c1-9(2)4-6-11-10(5-7-12)8-13-3/h9-12H,4-8H2,1-3H3. The highest BCUT2D eigenvalue weighted by molar-refractivity contribution is 4.65. The van der Waals surface area contributed by atoms with Crippen LogP contribution in [0.15, 0.2) is 0 Å². The summed E-state index contributed by atoms with van der Waals surface area (Å²) in [6.45, 7) is 6.32. The lowest BCUT2D eigenvalue weighted by molar-refractivity contribution is 0.148. The minimum absolute atomic E-state index is 0.225. The van der Waals surface area contributed by atoms with Gasteiger partial charge < -0.3 is 15.2 Å². The van der Waals surface area contributed by atoms with E-state index in [1.165, 1.54) is 6.42 Å². The molecule has 1 unspecified atom stereocenters. The van der Waals surface area contributed by atoms with Crippen LogP contribution in [0.3, 0.4) is 0 Å². The summed E-state index contributed by atoms with van der Waals surface area (Å²) in [4.78, 5) is 0. The van der Waals surface area contributed by atoms with Crippen LogP contribution in [-0.4, -0.2) is 38.0 Å². The third-order valence-electron chi connectivity index (χ3n) is 2.00. The van der Waals surface area contributed by atoms with Crippen LogP contribution in [0.1, 0.15) is 26.7 Å². The van der Waals surface area contributed by atoms with E-state index in [0.717, 1.165) is 18.9 Å². The van der Waals surface area contributed by atoms with Crippen molar-refractivity contribution in [2.45, 2.75) is 32.7 Å². The van der Waals surface area contributed by atoms with Crippen LogP contribution in [0.4, 0.5) is 0 Å². The summed E-state index contributed by atoms with van der Waals surface area (Å²) in [5.41, 5.74) is 0. The van der Waals surface area contributed by atoms with Gasteiger partial charge in [0.2, 0.25) is 0 Å². The second-order valence-electron chi connectivity index (χ2n) is 3.80. The Morgan fingerprint density at radius 3 is 2.46 bits per heavy atom. The number of rotatable bonds is 8. The van der Waals surface area contributed by atoms with E-state index in [4.69, 9.17) is 9.84 Å². The molecule has 0 fully saturated rings. The average Bonchev–Trinajstić information content (AvgIpc) is 2.04. The molecule has 2 N–H and O–H groups in total. The summed E-state index contributed by atoms with van der Waals surface area (Å²) >= 11 is 0. The third-order valence-corrected chi connectivity index (χ3v) is 2.00. The van der Waals surface area contributed by atoms with Gasteiger partial charge in [-0.2, -0.15) is 0 Å². The maximum absolute atomic E-state index is 8.78. The summed E-state index contributed by atoms with van der Waals surface area (Å²) < 4.78 is 5.04. The first-order valence-electron chi connectivity index (χ1n) is 5.03. The van der Waals surface area contributed by atoms with Gasteiger partial charge in [0, 0.05) is 19.8 Å². The minimum Gasteiger partial charge on any atom is -0.396 e. The number of aliphatic hydroxyl groups excluding tert-OH is 1. The predicted molar refractivity (Wildman–Crippen MR) is 54.8 cm³/mol. The van der Waals surface area contributed by atoms with Crippen LogP contribution >= 0.6 is 0 Å². The monoisotopic (exact) mass is 189 g/mol. The van der Waals surface area contributed by atoms with Gasteiger partial charge in [-0.1, -0.05) is 13.8 Å². The Morgan fingerprint density at radius 1 is 1.31 bits per heavy atom. The van der Waals surface area contributed by atoms with E-state index < -0.39 is 0 Å². The zero-order valence-electron chi connectivity index (χ0n) is 9.05. The highest BCUT2D eigenvalue weighted by atomic mass is 16.5. The van der Waals surface area contributed by atoms with E-state index in [1.54, 1.807) is 7.11 Å². The Bertz CT molecular complexity index is 101. The molecule has 0 aromatic heterocycles. The molecule has 0 spiro atoms. The highest BCUT2D eigenvalue weighted by Gasteiger charge is 2.06. The fraction of sp³-hybridized carbons (Fsp3) is 1.00. The van der Waals surface area contributed by atoms with Crippen molar-refractivity contribution in [1.82, 2.24) is 5.32 Å². The second kappa shape index (κ2) is 8.48. The van der Waals surface area contributed by atoms with Crippen LogP contribution in [-0.2, 0) is 4.74 Å². The van der Waals surface area contributed by atoms with Gasteiger partial charge in [-0.15, -0.1) is 0 Å². The van der Waals surface area contributed by atoms with Crippen molar-refractivity contribution in [2.75, 3.05) is 26.9 Å². The first-order valence-corrected chi connectivity index (χ1v) is 5.03. The van der Waals surface area contributed by atoms with Gasteiger partial charge in [-0.05, 0) is 25.3 Å². The van der Waals surface area contributed by atoms with Gasteiger partial charge >= 0.3 is 0 Å². The highest BCUT2D eigenvalue weighted by Crippen LogP contribution is 1.98. The van der Waals surface area contributed by atoms with Crippen LogP contribution in [0.2, 0.25) is 0 Å². The molecule has 0 saturated carbocycles. The summed E-state index contributed by atoms with van der Waals surface area (Å²) in [5.74, 6) is 0.727. The molecule has 3 nitrogen and oxygen atoms in total. The van der Waals surface area contributed by atoms with Crippen LogP contribution in [0, 0.1) is 5.92 Å². The largest absolute Gasteiger partial charge is 0.396 e. The molecular weight excluding hydrogens is 166 g/mol. The van der Waals surface area contributed by atoms with Crippen molar-refractivity contribution < 1.29 is 9.84 Å². The molecule has 0 aliphatic carbocycles. The van der Waals surface area contributed by atoms with E-state index in [9.17, 15) is 0 Å². The smallest absolute Gasteiger partial charge is 0.0616 e. The molecule has 80 valence electrons. The normalized spacial score (nSPS) is 13.6. The number of nitrogens with one attached hydrogen (secondary N) is 1. The van der Waals surface area contributed by atoms with Crippen molar-refractivity contribution in [1.29, 1.82) is 0 Å². The second-order valence-corrected chi connectivity index (χ2v) is 3.80. The Labute approximate surface area is 81.5 Å². The number of hydrogen-bond donors (Lipinski definition) is 2. The predicted octanol–water partition coefficient (Wildman–Crippen LogP) is 1.02. The van der Waals surface area contributed by atoms with Crippen LogP contribution < -0.4 is 5.32 Å². The number of ether oxygens (including phenoxy) is 1. The van der Waals surface area contributed by atoms with Crippen molar-refractivity contribution in [3.8, 4) is 0 Å². The molecule has 0 saturated heterocycles. The van der Waals surface area contributed by atoms with E-state index in [0.29, 0.717) is 12.6 Å². The SMILES string of the molecule is COCC(CCO)NCCC(C)C. The Morgan fingerprint density at radius 2 is 2.00 bits per heavy atom. The molecule has 0 aromatic rings. The Balaban J connectivity index is 3.44. The van der Waals surface area contributed by atoms with Gasteiger partial charge in [0.05, 0.1) is 6.61 Å². The van der Waals surface area contributed by atoms with Crippen molar-refractivity contribution in [2.24, 2.45) is 5.92 Å². The zero-order chi connectivity index (χ0) is 10.1. The fourth-order valence-corrected chi connectivity index (χ4v) is 1.18. The summed E-state index contributed by atoms with van der Waals surface area (Å²) in [5, 5.41) is 12.1. The molecule has 0 bridgehead atoms. The van der Waals surface area contributed by atoms with E-state index in [2.05, 4.69) is 19.2 Å². The molecule has 0 rings (SSSR count). The topological polar surface area (TPSA) is 41.5 Å². The lowest BCUT2D eigenvalue weighted by Crippen LogP contribution is -2.35. The maximum Gasteiger partial charge on any atom is 0.0616 e. The molecule has 13 heavy (non-hydrogen) atoms. The molecule has 0 aliphatic heterocycles. The van der Waals surface area contributed by atoms with E-state index >= 15 is 0 Å². The van der Waals surface area contributed by atoms with Gasteiger partial charge in [0.25, 0.3) is 0 Å². The lowest BCUT2D eigenvalue weighted by Gasteiger charge is -2.17. The molecular formula is C10H23NO2. The third kappa shape index (κ3) is 8.22. The molecule has 0 radical (unpaired) electrons. The van der Waals surface area contributed by atoms with Crippen LogP contribution in [0.5, 0.6) is 0 Å². The molecule has 1 atom stereocenters. The molecule has 0 amide bonds. The lowest BCUT2D eigenvalue weighted by atomic mass is 10.1. The van der Waals surface area contributed by atoms with Gasteiger partial charge in [0.15, 0.2) is 0 Å². The van der Waals surface area contributed by atoms with Gasteiger partial charge in [0.1, 0.15) is 0 Å². The minimum atomic E-state index is 0.225. The Hall–Kier alpha value is -0.120. The zero-order valence-corrected chi connectivity index (χ0v) is 9.05. The summed E-state index contributed by atoms with van der Waals surface area (Å²) in [6.07, 6.45) is 1.94. The van der Waals surface area contributed by atoms with E-state index in [-0.39, 0.29) is 6.61 Å². The fourth-order valence-electron chi connectivity index (χ4n) is 1.18. The van der Waals surface area contributed by atoms with Crippen LogP contribution in [0.25, 0.3) is 0 Å². The number of aliphatic hydroxyl groups is 1. The first kappa shape index (κ1) is 12.9. The van der Waals surface area contributed by atoms with Crippen molar-refractivity contribution >= 4 is 0 Å². The van der Waals surface area contributed by atoms with Gasteiger partial charge in [-0.3, -0.25) is 0 Å². The number of hydrogen-bond acceptors (Lipinski definition) is 3. The first-order chi connectivity index (χ1) is 6.20. The van der Waals surface area contributed by atoms with E-state index in [1.807, 2.05) is 0 Å². The quantitative estimate of drug-likeness (QED) is 0.599.